The maximum Gasteiger partial charge on any atom is 0.335 e. The maximum absolute atomic E-state index is 13.1. The highest BCUT2D eigenvalue weighted by atomic mass is 16.4. The van der Waals surface area contributed by atoms with Gasteiger partial charge >= 0.3 is 5.97 Å². The van der Waals surface area contributed by atoms with E-state index in [1.54, 1.807) is 13.0 Å². The fourth-order valence-corrected chi connectivity index (χ4v) is 3.66. The predicted octanol–water partition coefficient (Wildman–Crippen LogP) is 1.78. The number of fused-ring (bicyclic) bond motifs is 1. The van der Waals surface area contributed by atoms with Crippen LogP contribution in [0.3, 0.4) is 0 Å². The zero-order valence-corrected chi connectivity index (χ0v) is 18.1. The third-order valence-corrected chi connectivity index (χ3v) is 5.53. The molecule has 0 saturated heterocycles. The quantitative estimate of drug-likeness (QED) is 0.656. The first-order chi connectivity index (χ1) is 15.2. The molecule has 3 aromatic rings. The zero-order valence-electron chi connectivity index (χ0n) is 18.1. The average Bonchev–Trinajstić information content (AvgIpc) is 3.08. The summed E-state index contributed by atoms with van der Waals surface area (Å²) < 4.78 is 0. The summed E-state index contributed by atoms with van der Waals surface area (Å²) in [5.41, 5.74) is 4.18. The number of pyridine rings is 1. The number of carboxylic acid groups (broad SMARTS) is 1. The molecule has 1 amide bonds. The lowest BCUT2D eigenvalue weighted by atomic mass is 10.0. The number of nitrogens with one attached hydrogen (secondary N) is 1. The second kappa shape index (κ2) is 7.81. The highest BCUT2D eigenvalue weighted by Gasteiger charge is 2.28. The van der Waals surface area contributed by atoms with E-state index in [1.165, 1.54) is 29.3 Å². The molecule has 0 spiro atoms. The molecule has 1 aromatic heterocycles. The second-order valence-electron chi connectivity index (χ2n) is 7.87. The van der Waals surface area contributed by atoms with Crippen LogP contribution in [0.15, 0.2) is 52.4 Å². The van der Waals surface area contributed by atoms with E-state index in [0.717, 1.165) is 16.8 Å². The summed E-state index contributed by atoms with van der Waals surface area (Å²) in [6, 6.07) is 11.8. The van der Waals surface area contributed by atoms with Gasteiger partial charge in [-0.2, -0.15) is 5.01 Å². The molecular formula is C24H22N4O4. The van der Waals surface area contributed by atoms with Crippen molar-refractivity contribution in [2.45, 2.75) is 13.8 Å². The van der Waals surface area contributed by atoms with Crippen LogP contribution in [-0.4, -0.2) is 36.1 Å². The number of aromatic amines is 1. The van der Waals surface area contributed by atoms with Gasteiger partial charge < -0.3 is 15.0 Å². The smallest absolute Gasteiger partial charge is 0.335 e. The van der Waals surface area contributed by atoms with Gasteiger partial charge in [-0.25, -0.2) is 4.79 Å². The first kappa shape index (κ1) is 21.0. The number of aromatic carboxylic acids is 1. The fraction of sp³-hybridized carbons (Fsp3) is 0.167. The van der Waals surface area contributed by atoms with E-state index >= 15 is 0 Å². The van der Waals surface area contributed by atoms with Crippen molar-refractivity contribution < 1.29 is 14.7 Å². The number of hydrogen-bond acceptors (Lipinski definition) is 5. The summed E-state index contributed by atoms with van der Waals surface area (Å²) in [6.07, 6.45) is 1.78. The van der Waals surface area contributed by atoms with Crippen LogP contribution in [-0.2, 0) is 0 Å². The largest absolute Gasteiger partial charge is 0.478 e. The van der Waals surface area contributed by atoms with Crippen LogP contribution in [0.2, 0.25) is 0 Å². The normalized spacial score (nSPS) is 13.2. The van der Waals surface area contributed by atoms with Crippen molar-refractivity contribution in [3.05, 3.63) is 91.3 Å². The van der Waals surface area contributed by atoms with Gasteiger partial charge in [-0.05, 0) is 73.0 Å². The summed E-state index contributed by atoms with van der Waals surface area (Å²) in [4.78, 5) is 41.7. The van der Waals surface area contributed by atoms with Gasteiger partial charge in [-0.15, -0.1) is 5.10 Å². The topological polar surface area (TPSA) is 106 Å². The van der Waals surface area contributed by atoms with Crippen molar-refractivity contribution in [1.82, 2.24) is 4.98 Å². The molecule has 2 heterocycles. The predicted molar refractivity (Wildman–Crippen MR) is 122 cm³/mol. The number of benzene rings is 2. The number of carbonyl (C=O) groups excluding carboxylic acids is 1. The molecule has 2 N–H and O–H groups in total. The summed E-state index contributed by atoms with van der Waals surface area (Å²) in [7, 11) is 3.92. The molecule has 0 saturated carbocycles. The van der Waals surface area contributed by atoms with E-state index in [2.05, 4.69) is 10.1 Å². The van der Waals surface area contributed by atoms with E-state index in [1.807, 2.05) is 44.1 Å². The monoisotopic (exact) mass is 430 g/mol. The van der Waals surface area contributed by atoms with Crippen LogP contribution < -0.4 is 26.2 Å². The molecule has 32 heavy (non-hydrogen) atoms. The summed E-state index contributed by atoms with van der Waals surface area (Å²) in [6.45, 7) is 3.70. The third-order valence-electron chi connectivity index (χ3n) is 5.53. The van der Waals surface area contributed by atoms with Crippen molar-refractivity contribution in [2.24, 2.45) is 5.10 Å². The van der Waals surface area contributed by atoms with E-state index in [0.29, 0.717) is 22.0 Å². The Hall–Kier alpha value is -4.20. The molecule has 0 fully saturated rings. The number of hydrogen-bond donors (Lipinski definition) is 2. The van der Waals surface area contributed by atoms with Crippen molar-refractivity contribution in [2.75, 3.05) is 24.0 Å². The molecule has 0 unspecified atom stereocenters. The SMILES string of the molecule is Cc1cc(N(C)C)ccc1/C=c1/c(C)c2c([nH]c1=O)=NN(c1ccc(C(=O)O)cc1)C2=O. The van der Waals surface area contributed by atoms with Crippen LogP contribution >= 0.6 is 0 Å². The lowest BCUT2D eigenvalue weighted by molar-refractivity contribution is 0.0696. The maximum atomic E-state index is 13.1. The van der Waals surface area contributed by atoms with Crippen molar-refractivity contribution >= 4 is 29.3 Å². The Labute approximate surface area is 183 Å². The van der Waals surface area contributed by atoms with Gasteiger partial charge in [0, 0.05) is 25.0 Å². The molecule has 0 bridgehead atoms. The van der Waals surface area contributed by atoms with Gasteiger partial charge in [0.15, 0.2) is 5.49 Å². The van der Waals surface area contributed by atoms with Crippen LogP contribution in [0.4, 0.5) is 11.4 Å². The van der Waals surface area contributed by atoms with Gasteiger partial charge in [-0.3, -0.25) is 9.59 Å². The van der Waals surface area contributed by atoms with Gasteiger partial charge in [0.1, 0.15) is 0 Å². The first-order valence-electron chi connectivity index (χ1n) is 9.96. The first-order valence-corrected chi connectivity index (χ1v) is 9.96. The zero-order chi connectivity index (χ0) is 23.2. The van der Waals surface area contributed by atoms with Crippen LogP contribution in [0.1, 0.15) is 37.4 Å². The number of carbonyl (C=O) groups is 2. The van der Waals surface area contributed by atoms with E-state index < -0.39 is 5.97 Å². The number of carboxylic acids is 1. The number of H-pyrrole nitrogens is 1. The molecule has 1 aliphatic rings. The van der Waals surface area contributed by atoms with Gasteiger partial charge in [0.2, 0.25) is 0 Å². The van der Waals surface area contributed by atoms with E-state index in [9.17, 15) is 14.4 Å². The molecule has 0 aliphatic carbocycles. The number of amides is 1. The minimum atomic E-state index is -1.06. The highest BCUT2D eigenvalue weighted by Crippen LogP contribution is 2.21. The minimum Gasteiger partial charge on any atom is -0.478 e. The fourth-order valence-electron chi connectivity index (χ4n) is 3.66. The molecule has 0 radical (unpaired) electrons. The molecule has 162 valence electrons. The van der Waals surface area contributed by atoms with Crippen LogP contribution in [0.5, 0.6) is 0 Å². The molecule has 4 rings (SSSR count). The molecule has 1 aliphatic heterocycles. The molecule has 0 atom stereocenters. The van der Waals surface area contributed by atoms with Crippen molar-refractivity contribution in [3.63, 3.8) is 0 Å². The highest BCUT2D eigenvalue weighted by molar-refractivity contribution is 6.08. The number of aryl methyl sites for hydroxylation is 1. The summed E-state index contributed by atoms with van der Waals surface area (Å²) >= 11 is 0. The van der Waals surface area contributed by atoms with Gasteiger partial charge in [0.05, 0.1) is 16.8 Å². The van der Waals surface area contributed by atoms with Crippen LogP contribution in [0.25, 0.3) is 6.08 Å². The van der Waals surface area contributed by atoms with Crippen LogP contribution in [0, 0.1) is 13.8 Å². The lowest BCUT2D eigenvalue weighted by Gasteiger charge is -2.14. The summed E-state index contributed by atoms with van der Waals surface area (Å²) in [5.74, 6) is -1.44. The molecule has 8 nitrogen and oxygen atoms in total. The Bertz CT molecular complexity index is 1440. The second-order valence-corrected chi connectivity index (χ2v) is 7.87. The minimum absolute atomic E-state index is 0.107. The molecule has 2 aromatic carbocycles. The van der Waals surface area contributed by atoms with E-state index in [4.69, 9.17) is 5.11 Å². The van der Waals surface area contributed by atoms with Gasteiger partial charge in [-0.1, -0.05) is 6.07 Å². The number of rotatable bonds is 4. The third kappa shape index (κ3) is 3.56. The average molecular weight is 430 g/mol. The Morgan fingerprint density at radius 2 is 1.78 bits per heavy atom. The standard InChI is InChI=1S/C24H22N4O4/c1-13-11-18(27(3)4)10-7-16(13)12-19-14(2)20-21(25-22(19)29)26-28(23(20)30)17-8-5-15(6-9-17)24(31)32/h5-12H,1-4H3,(H,31,32)(H,25,26,29)/b19-12-. The number of anilines is 2. The Balaban J connectivity index is 1.79. The molecule has 8 heteroatoms. The Morgan fingerprint density at radius 3 is 2.38 bits per heavy atom. The van der Waals surface area contributed by atoms with Crippen molar-refractivity contribution in [1.29, 1.82) is 0 Å². The Morgan fingerprint density at radius 1 is 1.09 bits per heavy atom. The lowest BCUT2D eigenvalue weighted by Crippen LogP contribution is -2.38. The summed E-state index contributed by atoms with van der Waals surface area (Å²) in [5, 5.41) is 14.9. The number of aromatic nitrogens is 1. The Kier molecular flexibility index (Phi) is 5.14. The van der Waals surface area contributed by atoms with Crippen molar-refractivity contribution in [3.8, 4) is 0 Å². The molecular weight excluding hydrogens is 408 g/mol. The number of nitrogens with zero attached hydrogens (tertiary/aromatic N) is 3. The van der Waals surface area contributed by atoms with E-state index in [-0.39, 0.29) is 22.5 Å². The van der Waals surface area contributed by atoms with Gasteiger partial charge in [0.25, 0.3) is 11.5 Å².